The maximum absolute atomic E-state index is 12.8. The van der Waals surface area contributed by atoms with Crippen LogP contribution in [0.5, 0.6) is 0 Å². The van der Waals surface area contributed by atoms with Crippen LogP contribution in [0.25, 0.3) is 22.5 Å². The van der Waals surface area contributed by atoms with Gasteiger partial charge in [-0.2, -0.15) is 4.98 Å². The van der Waals surface area contributed by atoms with Crippen LogP contribution in [0.1, 0.15) is 41.9 Å². The summed E-state index contributed by atoms with van der Waals surface area (Å²) in [5.74, 6) is 1.77. The number of carbonyl (C=O) groups excluding carboxylic acids is 1. The van der Waals surface area contributed by atoms with Crippen molar-refractivity contribution in [3.63, 3.8) is 0 Å². The molecule has 2 heterocycles. The van der Waals surface area contributed by atoms with Crippen molar-refractivity contribution in [1.82, 2.24) is 25.4 Å². The van der Waals surface area contributed by atoms with Crippen LogP contribution in [0.4, 0.5) is 0 Å². The van der Waals surface area contributed by atoms with Gasteiger partial charge in [0.2, 0.25) is 0 Å². The number of hydrogen-bond acceptors (Lipinski definition) is 5. The number of carbonyl (C=O) groups is 1. The molecule has 7 nitrogen and oxygen atoms in total. The van der Waals surface area contributed by atoms with Crippen molar-refractivity contribution in [2.24, 2.45) is 5.92 Å². The highest BCUT2D eigenvalue weighted by atomic mass is 16.5. The van der Waals surface area contributed by atoms with Crippen LogP contribution in [0.15, 0.2) is 53.1 Å². The van der Waals surface area contributed by atoms with Gasteiger partial charge in [0.15, 0.2) is 5.82 Å². The Hall–Kier alpha value is -3.48. The number of rotatable bonds is 5. The molecule has 0 spiro atoms. The molecule has 7 heteroatoms. The molecule has 2 N–H and O–H groups in total. The molecule has 0 saturated heterocycles. The number of benzene rings is 2. The lowest BCUT2D eigenvalue weighted by Gasteiger charge is -2.20. The van der Waals surface area contributed by atoms with Gasteiger partial charge in [0.25, 0.3) is 11.8 Å². The van der Waals surface area contributed by atoms with Gasteiger partial charge in [-0.1, -0.05) is 31.1 Å². The lowest BCUT2D eigenvalue weighted by atomic mass is 10.0. The van der Waals surface area contributed by atoms with Gasteiger partial charge in [0.05, 0.1) is 17.1 Å². The number of nitrogens with zero attached hydrogens (tertiary/aromatic N) is 3. The molecule has 28 heavy (non-hydrogen) atoms. The van der Waals surface area contributed by atoms with E-state index in [0.29, 0.717) is 17.3 Å². The van der Waals surface area contributed by atoms with E-state index >= 15 is 0 Å². The molecule has 1 amide bonds. The number of aromatic amines is 1. The second-order valence-electron chi connectivity index (χ2n) is 7.06. The summed E-state index contributed by atoms with van der Waals surface area (Å²) in [5.41, 5.74) is 3.17. The van der Waals surface area contributed by atoms with E-state index in [2.05, 4.69) is 39.3 Å². The second kappa shape index (κ2) is 7.26. The van der Waals surface area contributed by atoms with E-state index in [1.165, 1.54) is 0 Å². The molecule has 4 aromatic rings. The van der Waals surface area contributed by atoms with Crippen molar-refractivity contribution < 1.29 is 9.32 Å². The molecule has 142 valence electrons. The third-order valence-electron chi connectivity index (χ3n) is 4.58. The predicted molar refractivity (Wildman–Crippen MR) is 106 cm³/mol. The second-order valence-corrected chi connectivity index (χ2v) is 7.06. The van der Waals surface area contributed by atoms with Gasteiger partial charge in [-0.3, -0.25) is 4.79 Å². The Morgan fingerprint density at radius 1 is 1.07 bits per heavy atom. The number of fused-ring (bicyclic) bond motifs is 1. The largest absolute Gasteiger partial charge is 0.342 e. The van der Waals surface area contributed by atoms with E-state index in [-0.39, 0.29) is 17.9 Å². The van der Waals surface area contributed by atoms with E-state index in [1.54, 1.807) is 31.2 Å². The molecule has 0 fully saturated rings. The zero-order valence-corrected chi connectivity index (χ0v) is 15.9. The molecule has 2 aromatic carbocycles. The molecule has 0 bridgehead atoms. The van der Waals surface area contributed by atoms with Gasteiger partial charge in [0.1, 0.15) is 5.82 Å². The number of H-pyrrole nitrogens is 1. The fourth-order valence-corrected chi connectivity index (χ4v) is 3.07. The zero-order chi connectivity index (χ0) is 19.7. The average molecular weight is 375 g/mol. The monoisotopic (exact) mass is 375 g/mol. The quantitative estimate of drug-likeness (QED) is 0.548. The summed E-state index contributed by atoms with van der Waals surface area (Å²) >= 11 is 0. The van der Waals surface area contributed by atoms with Crippen LogP contribution in [0.2, 0.25) is 0 Å². The third kappa shape index (κ3) is 3.51. The van der Waals surface area contributed by atoms with Gasteiger partial charge in [-0.15, -0.1) is 0 Å². The van der Waals surface area contributed by atoms with Gasteiger partial charge < -0.3 is 14.8 Å². The molecule has 0 aliphatic carbocycles. The molecule has 0 saturated carbocycles. The first-order valence-electron chi connectivity index (χ1n) is 9.17. The number of aryl methyl sites for hydroxylation is 1. The standard InChI is InChI=1S/C21H21N5O2/c1-12(2)18(19-23-16-6-4-5-7-17(16)24-19)25-20(27)14-8-10-15(11-9-14)21-22-13(3)26-28-21/h4-12,18H,1-3H3,(H,23,24)(H,25,27). The van der Waals surface area contributed by atoms with Crippen LogP contribution in [0, 0.1) is 12.8 Å². The maximum Gasteiger partial charge on any atom is 0.257 e. The summed E-state index contributed by atoms with van der Waals surface area (Å²) in [6.07, 6.45) is 0. The summed E-state index contributed by atoms with van der Waals surface area (Å²) in [5, 5.41) is 6.87. The number of para-hydroxylation sites is 2. The predicted octanol–water partition coefficient (Wildman–Crippen LogP) is 4.05. The Morgan fingerprint density at radius 3 is 2.46 bits per heavy atom. The van der Waals surface area contributed by atoms with Gasteiger partial charge in [0, 0.05) is 11.1 Å². The minimum atomic E-state index is -0.224. The molecule has 0 aliphatic rings. The van der Waals surface area contributed by atoms with Crippen molar-refractivity contribution in [2.45, 2.75) is 26.8 Å². The van der Waals surface area contributed by atoms with Crippen molar-refractivity contribution in [1.29, 1.82) is 0 Å². The molecular formula is C21H21N5O2. The van der Waals surface area contributed by atoms with Crippen LogP contribution in [-0.4, -0.2) is 26.0 Å². The van der Waals surface area contributed by atoms with E-state index in [0.717, 1.165) is 22.4 Å². The van der Waals surface area contributed by atoms with Crippen molar-refractivity contribution >= 4 is 16.9 Å². The molecule has 1 unspecified atom stereocenters. The zero-order valence-electron chi connectivity index (χ0n) is 15.9. The molecule has 1 atom stereocenters. The van der Waals surface area contributed by atoms with Crippen LogP contribution in [-0.2, 0) is 0 Å². The molecule has 0 aliphatic heterocycles. The number of amides is 1. The first kappa shape index (κ1) is 17.9. The third-order valence-corrected chi connectivity index (χ3v) is 4.58. The van der Waals surface area contributed by atoms with E-state index in [1.807, 2.05) is 24.3 Å². The van der Waals surface area contributed by atoms with Gasteiger partial charge in [-0.25, -0.2) is 4.98 Å². The first-order chi connectivity index (χ1) is 13.5. The van der Waals surface area contributed by atoms with Gasteiger partial charge >= 0.3 is 0 Å². The van der Waals surface area contributed by atoms with Gasteiger partial charge in [-0.05, 0) is 49.2 Å². The van der Waals surface area contributed by atoms with Crippen LogP contribution >= 0.6 is 0 Å². The van der Waals surface area contributed by atoms with E-state index in [4.69, 9.17) is 4.52 Å². The Balaban J connectivity index is 1.54. The van der Waals surface area contributed by atoms with Crippen molar-refractivity contribution in [3.8, 4) is 11.5 Å². The molecule has 4 rings (SSSR count). The summed E-state index contributed by atoms with van der Waals surface area (Å²) in [7, 11) is 0. The van der Waals surface area contributed by atoms with Crippen molar-refractivity contribution in [2.75, 3.05) is 0 Å². The minimum Gasteiger partial charge on any atom is -0.342 e. The highest BCUT2D eigenvalue weighted by molar-refractivity contribution is 5.94. The summed E-state index contributed by atoms with van der Waals surface area (Å²) in [4.78, 5) is 24.9. The SMILES string of the molecule is Cc1noc(-c2ccc(C(=O)NC(c3nc4ccccc4[nH]3)C(C)C)cc2)n1. The Morgan fingerprint density at radius 2 is 1.82 bits per heavy atom. The summed E-state index contributed by atoms with van der Waals surface area (Å²) in [6.45, 7) is 5.87. The van der Waals surface area contributed by atoms with E-state index in [9.17, 15) is 4.79 Å². The summed E-state index contributed by atoms with van der Waals surface area (Å²) in [6, 6.07) is 14.7. The highest BCUT2D eigenvalue weighted by Gasteiger charge is 2.22. The lowest BCUT2D eigenvalue weighted by Crippen LogP contribution is -2.32. The summed E-state index contributed by atoms with van der Waals surface area (Å²) < 4.78 is 5.16. The fourth-order valence-electron chi connectivity index (χ4n) is 3.07. The van der Waals surface area contributed by atoms with Crippen LogP contribution in [0.3, 0.4) is 0 Å². The average Bonchev–Trinajstić information content (AvgIpc) is 3.31. The lowest BCUT2D eigenvalue weighted by molar-refractivity contribution is 0.0923. The number of hydrogen-bond donors (Lipinski definition) is 2. The minimum absolute atomic E-state index is 0.160. The number of nitrogens with one attached hydrogen (secondary N) is 2. The number of imidazole rings is 1. The Kier molecular flexibility index (Phi) is 4.65. The molecular weight excluding hydrogens is 354 g/mol. The van der Waals surface area contributed by atoms with Crippen LogP contribution < -0.4 is 5.32 Å². The smallest absolute Gasteiger partial charge is 0.257 e. The molecule has 0 radical (unpaired) electrons. The fraction of sp³-hybridized carbons (Fsp3) is 0.238. The van der Waals surface area contributed by atoms with E-state index < -0.39 is 0 Å². The maximum atomic E-state index is 12.8. The topological polar surface area (TPSA) is 96.7 Å². The Labute approximate surface area is 162 Å². The Bertz CT molecular complexity index is 1080. The first-order valence-corrected chi connectivity index (χ1v) is 9.17. The highest BCUT2D eigenvalue weighted by Crippen LogP contribution is 2.23. The normalized spacial score (nSPS) is 12.4. The molecule has 2 aromatic heterocycles. The number of aromatic nitrogens is 4. The van der Waals surface area contributed by atoms with Crippen molar-refractivity contribution in [3.05, 3.63) is 65.7 Å².